The molecule has 1 heterocycles. The highest BCUT2D eigenvalue weighted by molar-refractivity contribution is 7.99. The molecular weight excluding hydrogens is 647 g/mol. The zero-order valence-electron chi connectivity index (χ0n) is 27.9. The zero-order valence-corrected chi connectivity index (χ0v) is 28.7. The van der Waals surface area contributed by atoms with Crippen molar-refractivity contribution in [2.45, 2.75) is 56.4 Å². The number of benzene rings is 5. The molecule has 8 nitrogen and oxygen atoms in total. The first-order valence-corrected chi connectivity index (χ1v) is 17.7. The van der Waals surface area contributed by atoms with Crippen molar-refractivity contribution in [1.29, 1.82) is 0 Å². The number of anilines is 1. The fraction of sp³-hybridized carbons (Fsp3) is 0.220. The Bertz CT molecular complexity index is 1850. The Morgan fingerprint density at radius 1 is 0.740 bits per heavy atom. The maximum atomic E-state index is 12.5. The minimum absolute atomic E-state index is 0.00940. The molecule has 5 aromatic rings. The van der Waals surface area contributed by atoms with Crippen LogP contribution >= 0.6 is 11.8 Å². The Morgan fingerprint density at radius 3 is 2.14 bits per heavy atom. The number of aliphatic hydroxyl groups is 1. The Morgan fingerprint density at radius 2 is 1.42 bits per heavy atom. The normalized spacial score (nSPS) is 17.1. The van der Waals surface area contributed by atoms with E-state index in [1.165, 1.54) is 6.92 Å². The van der Waals surface area contributed by atoms with E-state index in [9.17, 15) is 14.7 Å². The number of carbonyl (C=O) groups excluding carboxylic acids is 2. The standard InChI is InChI=1S/C41H41N3O5S/c1-28(46)44-35-19-21-37(22-20-35)50-27-36-23-39(32-13-11-30(26-45)12-14-32)49-40(48-36)33-17-15-31(16-18-33)38-10-6-5-9-34(38)25-43-41(47)42-24-29-7-3-2-4-8-29/h2-22,36,39-40,45H,23-27H2,1H3,(H,44,46)(H2,42,43,47)/t36-,39+,40+/m0/s1. The van der Waals surface area contributed by atoms with Gasteiger partial charge in [-0.15, -0.1) is 11.8 Å². The lowest BCUT2D eigenvalue weighted by atomic mass is 9.98. The van der Waals surface area contributed by atoms with Crippen molar-refractivity contribution in [3.8, 4) is 11.1 Å². The molecule has 0 unspecified atom stereocenters. The molecule has 50 heavy (non-hydrogen) atoms. The summed E-state index contributed by atoms with van der Waals surface area (Å²) in [6, 6.07) is 41.6. The molecule has 0 saturated carbocycles. The number of urea groups is 1. The number of nitrogens with one attached hydrogen (secondary N) is 3. The highest BCUT2D eigenvalue weighted by Gasteiger charge is 2.32. The van der Waals surface area contributed by atoms with Gasteiger partial charge >= 0.3 is 6.03 Å². The average molecular weight is 688 g/mol. The molecule has 5 aromatic carbocycles. The summed E-state index contributed by atoms with van der Waals surface area (Å²) >= 11 is 1.70. The SMILES string of the molecule is CC(=O)Nc1ccc(SC[C@@H]2C[C@H](c3ccc(CO)cc3)O[C@H](c3ccc(-c4ccccc4CNC(=O)NCc4ccccc4)cc3)O2)cc1. The summed E-state index contributed by atoms with van der Waals surface area (Å²) in [5, 5.41) is 18.3. The van der Waals surface area contributed by atoms with E-state index in [0.29, 0.717) is 19.5 Å². The smallest absolute Gasteiger partial charge is 0.315 e. The number of hydrogen-bond donors (Lipinski definition) is 4. The van der Waals surface area contributed by atoms with Crippen LogP contribution in [-0.4, -0.2) is 28.9 Å². The Hall–Kier alpha value is -4.93. The quantitative estimate of drug-likeness (QED) is 0.0987. The number of rotatable bonds is 12. The van der Waals surface area contributed by atoms with Crippen LogP contribution in [-0.2, 0) is 34.0 Å². The van der Waals surface area contributed by atoms with Gasteiger partial charge < -0.3 is 30.5 Å². The van der Waals surface area contributed by atoms with Gasteiger partial charge in [-0.3, -0.25) is 4.79 Å². The van der Waals surface area contributed by atoms with Gasteiger partial charge in [-0.2, -0.15) is 0 Å². The Balaban J connectivity index is 1.13. The van der Waals surface area contributed by atoms with Crippen molar-refractivity contribution in [3.05, 3.63) is 155 Å². The topological polar surface area (TPSA) is 109 Å². The van der Waals surface area contributed by atoms with Gasteiger partial charge in [-0.1, -0.05) is 103 Å². The molecule has 9 heteroatoms. The molecule has 0 radical (unpaired) electrons. The molecule has 4 N–H and O–H groups in total. The lowest BCUT2D eigenvalue weighted by molar-refractivity contribution is -0.245. The van der Waals surface area contributed by atoms with Crippen molar-refractivity contribution in [2.24, 2.45) is 0 Å². The predicted molar refractivity (Wildman–Crippen MR) is 197 cm³/mol. The van der Waals surface area contributed by atoms with Crippen LogP contribution in [0.25, 0.3) is 11.1 Å². The van der Waals surface area contributed by atoms with Crippen molar-refractivity contribution in [1.82, 2.24) is 10.6 Å². The van der Waals surface area contributed by atoms with Crippen LogP contribution in [0.4, 0.5) is 10.5 Å². The van der Waals surface area contributed by atoms with Crippen LogP contribution in [0.5, 0.6) is 0 Å². The second-order valence-electron chi connectivity index (χ2n) is 12.2. The van der Waals surface area contributed by atoms with Crippen LogP contribution in [0.3, 0.4) is 0 Å². The Kier molecular flexibility index (Phi) is 12.0. The molecule has 1 saturated heterocycles. The number of hydrogen-bond acceptors (Lipinski definition) is 6. The van der Waals surface area contributed by atoms with Gasteiger partial charge in [0.1, 0.15) is 0 Å². The number of thioether (sulfide) groups is 1. The van der Waals surface area contributed by atoms with Crippen molar-refractivity contribution in [3.63, 3.8) is 0 Å². The van der Waals surface area contributed by atoms with Crippen LogP contribution in [0, 0.1) is 0 Å². The fourth-order valence-electron chi connectivity index (χ4n) is 5.84. The highest BCUT2D eigenvalue weighted by atomic mass is 32.2. The molecule has 0 aromatic heterocycles. The van der Waals surface area contributed by atoms with Crippen molar-refractivity contribution in [2.75, 3.05) is 11.1 Å². The largest absolute Gasteiger partial charge is 0.392 e. The third kappa shape index (κ3) is 9.61. The molecule has 0 aliphatic carbocycles. The average Bonchev–Trinajstić information content (AvgIpc) is 3.16. The summed E-state index contributed by atoms with van der Waals surface area (Å²) in [6.07, 6.45) is -0.161. The minimum Gasteiger partial charge on any atom is -0.392 e. The first kappa shape index (κ1) is 34.9. The third-order valence-electron chi connectivity index (χ3n) is 8.47. The summed E-state index contributed by atoms with van der Waals surface area (Å²) in [6.45, 7) is 2.34. The van der Waals surface area contributed by atoms with E-state index in [0.717, 1.165) is 55.3 Å². The lowest BCUT2D eigenvalue weighted by Crippen LogP contribution is -2.34. The van der Waals surface area contributed by atoms with Gasteiger partial charge in [-0.05, 0) is 57.6 Å². The van der Waals surface area contributed by atoms with E-state index in [2.05, 4.69) is 34.1 Å². The van der Waals surface area contributed by atoms with Gasteiger partial charge in [-0.25, -0.2) is 4.79 Å². The molecule has 1 aliphatic rings. The van der Waals surface area contributed by atoms with Gasteiger partial charge in [0, 0.05) is 48.3 Å². The van der Waals surface area contributed by atoms with Gasteiger partial charge in [0.2, 0.25) is 5.91 Å². The molecular formula is C41H41N3O5S. The number of carbonyl (C=O) groups is 2. The van der Waals surface area contributed by atoms with E-state index >= 15 is 0 Å². The van der Waals surface area contributed by atoms with E-state index in [1.54, 1.807) is 11.8 Å². The second-order valence-corrected chi connectivity index (χ2v) is 13.3. The summed E-state index contributed by atoms with van der Waals surface area (Å²) in [4.78, 5) is 25.0. The molecule has 1 aliphatic heterocycles. The molecule has 256 valence electrons. The fourth-order valence-corrected chi connectivity index (χ4v) is 6.76. The minimum atomic E-state index is -0.571. The van der Waals surface area contributed by atoms with E-state index in [1.807, 2.05) is 109 Å². The number of amides is 3. The van der Waals surface area contributed by atoms with Crippen LogP contribution in [0.15, 0.2) is 132 Å². The lowest BCUT2D eigenvalue weighted by Gasteiger charge is -2.36. The molecule has 3 atom stereocenters. The first-order valence-electron chi connectivity index (χ1n) is 16.7. The van der Waals surface area contributed by atoms with E-state index in [4.69, 9.17) is 9.47 Å². The Labute approximate surface area is 297 Å². The highest BCUT2D eigenvalue weighted by Crippen LogP contribution is 2.40. The molecule has 1 fully saturated rings. The van der Waals surface area contributed by atoms with Crippen molar-refractivity contribution < 1.29 is 24.2 Å². The van der Waals surface area contributed by atoms with Crippen LogP contribution < -0.4 is 16.0 Å². The molecule has 0 spiro atoms. The van der Waals surface area contributed by atoms with Gasteiger partial charge in [0.25, 0.3) is 0 Å². The molecule has 0 bridgehead atoms. The first-order chi connectivity index (χ1) is 24.4. The van der Waals surface area contributed by atoms with Crippen molar-refractivity contribution >= 4 is 29.4 Å². The molecule has 6 rings (SSSR count). The predicted octanol–water partition coefficient (Wildman–Crippen LogP) is 8.14. The van der Waals surface area contributed by atoms with E-state index in [-0.39, 0.29) is 30.8 Å². The van der Waals surface area contributed by atoms with Crippen LogP contribution in [0.1, 0.15) is 53.6 Å². The summed E-state index contributed by atoms with van der Waals surface area (Å²) in [7, 11) is 0. The van der Waals surface area contributed by atoms with E-state index < -0.39 is 6.29 Å². The summed E-state index contributed by atoms with van der Waals surface area (Å²) in [5.41, 5.74) is 7.68. The number of ether oxygens (including phenoxy) is 2. The second kappa shape index (κ2) is 17.1. The maximum Gasteiger partial charge on any atom is 0.315 e. The third-order valence-corrected chi connectivity index (χ3v) is 9.62. The molecule has 3 amide bonds. The van der Waals surface area contributed by atoms with Gasteiger partial charge in [0.15, 0.2) is 6.29 Å². The van der Waals surface area contributed by atoms with Crippen LogP contribution in [0.2, 0.25) is 0 Å². The van der Waals surface area contributed by atoms with Gasteiger partial charge in [0.05, 0.1) is 18.8 Å². The zero-order chi connectivity index (χ0) is 34.7. The summed E-state index contributed by atoms with van der Waals surface area (Å²) < 4.78 is 13.1. The number of aliphatic hydroxyl groups excluding tert-OH is 1. The monoisotopic (exact) mass is 687 g/mol. The maximum absolute atomic E-state index is 12.5. The summed E-state index contributed by atoms with van der Waals surface area (Å²) in [5.74, 6) is 0.626.